The van der Waals surface area contributed by atoms with Crippen LogP contribution in [0.4, 0.5) is 0 Å². The maximum atomic E-state index is 11.9. The van der Waals surface area contributed by atoms with Gasteiger partial charge in [-0.1, -0.05) is 49.2 Å². The zero-order valence-corrected chi connectivity index (χ0v) is 23.0. The smallest absolute Gasteiger partial charge is 0.358 e. The van der Waals surface area contributed by atoms with Crippen LogP contribution in [0.3, 0.4) is 0 Å². The number of thioether (sulfide) groups is 2. The summed E-state index contributed by atoms with van der Waals surface area (Å²) in [5, 5.41) is 12.0. The van der Waals surface area contributed by atoms with Crippen molar-refractivity contribution in [2.24, 2.45) is 0 Å². The summed E-state index contributed by atoms with van der Waals surface area (Å²) in [6.45, 7) is 6.11. The van der Waals surface area contributed by atoms with E-state index in [0.717, 1.165) is 27.2 Å². The van der Waals surface area contributed by atoms with Crippen molar-refractivity contribution in [3.63, 3.8) is 0 Å². The molecule has 0 radical (unpaired) electrons. The zero-order valence-electron chi connectivity index (χ0n) is 19.9. The maximum absolute atomic E-state index is 11.9. The lowest BCUT2D eigenvalue weighted by Crippen LogP contribution is -2.09. The molecule has 0 aliphatic heterocycles. The molecule has 0 aliphatic rings. The van der Waals surface area contributed by atoms with E-state index < -0.39 is 5.97 Å². The average Bonchev–Trinajstić information content (AvgIpc) is 2.85. The first-order chi connectivity index (χ1) is 17.3. The fourth-order valence-electron chi connectivity index (χ4n) is 3.31. The third kappa shape index (κ3) is 6.62. The number of hydrogen-bond acceptors (Lipinski definition) is 7. The largest absolute Gasteiger partial charge is 0.476 e. The van der Waals surface area contributed by atoms with Gasteiger partial charge in [-0.2, -0.15) is 0 Å². The molecule has 10 heteroatoms. The molecule has 0 aliphatic carbocycles. The monoisotopic (exact) mass is 562 g/mol. The van der Waals surface area contributed by atoms with Crippen molar-refractivity contribution in [2.75, 3.05) is 18.1 Å². The van der Waals surface area contributed by atoms with Crippen molar-refractivity contribution >= 4 is 80.5 Å². The van der Waals surface area contributed by atoms with Gasteiger partial charge in [0.2, 0.25) is 0 Å². The third-order valence-electron chi connectivity index (χ3n) is 4.81. The maximum Gasteiger partial charge on any atom is 0.358 e. The molecule has 2 aromatic carbocycles. The first-order valence-corrected chi connectivity index (χ1v) is 13.9. The molecule has 2 aromatic heterocycles. The van der Waals surface area contributed by atoms with Gasteiger partial charge in [-0.3, -0.25) is 0 Å². The van der Waals surface area contributed by atoms with Crippen molar-refractivity contribution in [2.45, 2.75) is 30.6 Å². The molecule has 0 amide bonds. The molecule has 36 heavy (non-hydrogen) atoms. The van der Waals surface area contributed by atoms with Gasteiger partial charge in [0.15, 0.2) is 11.4 Å². The predicted octanol–water partition coefficient (Wildman–Crippen LogP) is 7.88. The average molecular weight is 564 g/mol. The van der Waals surface area contributed by atoms with Crippen LogP contribution in [0.2, 0.25) is 10.0 Å². The minimum absolute atomic E-state index is 0.0895. The second-order valence-electron chi connectivity index (χ2n) is 7.17. The van der Waals surface area contributed by atoms with E-state index in [9.17, 15) is 9.59 Å². The van der Waals surface area contributed by atoms with Crippen LogP contribution in [-0.4, -0.2) is 45.1 Å². The van der Waals surface area contributed by atoms with Crippen molar-refractivity contribution in [1.82, 2.24) is 9.97 Å². The van der Waals surface area contributed by atoms with Crippen LogP contribution >= 0.6 is 46.7 Å². The summed E-state index contributed by atoms with van der Waals surface area (Å²) < 4.78 is 5.05. The molecule has 4 aromatic rings. The van der Waals surface area contributed by atoms with Crippen LogP contribution in [0.25, 0.3) is 21.8 Å². The van der Waals surface area contributed by atoms with Crippen LogP contribution in [0.1, 0.15) is 41.7 Å². The quantitative estimate of drug-likeness (QED) is 0.179. The van der Waals surface area contributed by atoms with Gasteiger partial charge < -0.3 is 9.84 Å². The fraction of sp³-hybridized carbons (Fsp3) is 0.231. The summed E-state index contributed by atoms with van der Waals surface area (Å²) in [5.41, 5.74) is 1.77. The first-order valence-electron chi connectivity index (χ1n) is 11.1. The first kappa shape index (κ1) is 28.1. The van der Waals surface area contributed by atoms with Crippen LogP contribution in [0.15, 0.2) is 58.3 Å². The molecule has 4 rings (SSSR count). The Morgan fingerprint density at radius 2 is 1.31 bits per heavy atom. The number of hydrogen-bond donors (Lipinski definition) is 1. The SMILES string of the molecule is CCOC(=O)c1nc2cccc(Cl)c2cc1SCC.CCSc1cc2c(Cl)cccc2nc1C(=O)O. The lowest BCUT2D eigenvalue weighted by molar-refractivity contribution is 0.0515. The van der Waals surface area contributed by atoms with Gasteiger partial charge >= 0.3 is 11.9 Å². The second kappa shape index (κ2) is 13.1. The van der Waals surface area contributed by atoms with Gasteiger partial charge in [0.25, 0.3) is 0 Å². The zero-order chi connectivity index (χ0) is 26.2. The molecule has 0 fully saturated rings. The fourth-order valence-corrected chi connectivity index (χ4v) is 5.32. The van der Waals surface area contributed by atoms with E-state index in [-0.39, 0.29) is 11.7 Å². The standard InChI is InChI=1S/C14H14ClNO2S.C12H10ClNO2S/c1-3-18-14(17)13-12(19-4-2)8-9-10(15)6-5-7-11(9)16-13;1-2-17-10-6-7-8(13)4-3-5-9(7)14-11(10)12(15)16/h5-8H,3-4H2,1-2H3;3-6H,2H2,1H3,(H,15,16). The third-order valence-corrected chi connectivity index (χ3v) is 7.29. The Hall–Kier alpha value is -2.52. The summed E-state index contributed by atoms with van der Waals surface area (Å²) in [4.78, 5) is 33.1. The van der Waals surface area contributed by atoms with Gasteiger partial charge in [-0.05, 0) is 54.8 Å². The summed E-state index contributed by atoms with van der Waals surface area (Å²) in [5.74, 6) is 0.241. The number of carboxylic acids is 1. The van der Waals surface area contributed by atoms with Crippen molar-refractivity contribution in [1.29, 1.82) is 0 Å². The number of pyridine rings is 2. The molecule has 0 bridgehead atoms. The van der Waals surface area contributed by atoms with Crippen LogP contribution < -0.4 is 0 Å². The number of rotatable bonds is 7. The molecule has 188 valence electrons. The van der Waals surface area contributed by atoms with E-state index in [0.29, 0.717) is 38.3 Å². The Balaban J connectivity index is 0.000000202. The molecule has 1 N–H and O–H groups in total. The van der Waals surface area contributed by atoms with Crippen LogP contribution in [-0.2, 0) is 4.74 Å². The van der Waals surface area contributed by atoms with Gasteiger partial charge in [0.1, 0.15) is 0 Å². The van der Waals surface area contributed by atoms with Gasteiger partial charge in [-0.25, -0.2) is 19.6 Å². The number of esters is 1. The molecule has 0 saturated heterocycles. The summed E-state index contributed by atoms with van der Waals surface area (Å²) in [6.07, 6.45) is 0. The second-order valence-corrected chi connectivity index (χ2v) is 10.6. The number of carbonyl (C=O) groups is 2. The van der Waals surface area contributed by atoms with Gasteiger partial charge in [-0.15, -0.1) is 23.5 Å². The van der Waals surface area contributed by atoms with E-state index in [2.05, 4.69) is 9.97 Å². The highest BCUT2D eigenvalue weighted by Gasteiger charge is 2.17. The van der Waals surface area contributed by atoms with Crippen LogP contribution in [0.5, 0.6) is 0 Å². The Labute approximate surface area is 227 Å². The molecular formula is C26H24Cl2N2O4S2. The summed E-state index contributed by atoms with van der Waals surface area (Å²) >= 11 is 15.2. The van der Waals surface area contributed by atoms with Crippen LogP contribution in [0, 0.1) is 0 Å². The van der Waals surface area contributed by atoms with Crippen molar-refractivity contribution < 1.29 is 19.4 Å². The number of ether oxygens (including phenoxy) is 1. The Kier molecular flexibility index (Phi) is 10.2. The predicted molar refractivity (Wildman–Crippen MR) is 149 cm³/mol. The van der Waals surface area contributed by atoms with Crippen molar-refractivity contribution in [3.8, 4) is 0 Å². The minimum atomic E-state index is -1.01. The minimum Gasteiger partial charge on any atom is -0.476 e. The van der Waals surface area contributed by atoms with E-state index in [1.54, 1.807) is 43.0 Å². The van der Waals surface area contributed by atoms with E-state index in [1.165, 1.54) is 11.8 Å². The van der Waals surface area contributed by atoms with Gasteiger partial charge in [0, 0.05) is 30.6 Å². The number of halogens is 2. The molecular weight excluding hydrogens is 539 g/mol. The Bertz CT molecular complexity index is 1420. The molecule has 6 nitrogen and oxygen atoms in total. The highest BCUT2D eigenvalue weighted by molar-refractivity contribution is 7.99. The Morgan fingerprint density at radius 1 is 0.833 bits per heavy atom. The highest BCUT2D eigenvalue weighted by atomic mass is 35.5. The lowest BCUT2D eigenvalue weighted by Gasteiger charge is -2.09. The molecule has 0 saturated carbocycles. The molecule has 0 atom stereocenters. The number of nitrogens with zero attached hydrogens (tertiary/aromatic N) is 2. The normalized spacial score (nSPS) is 10.7. The van der Waals surface area contributed by atoms with Crippen molar-refractivity contribution in [3.05, 3.63) is 70.0 Å². The number of carbonyl (C=O) groups excluding carboxylic acids is 1. The topological polar surface area (TPSA) is 89.4 Å². The number of carboxylic acid groups (broad SMARTS) is 1. The highest BCUT2D eigenvalue weighted by Crippen LogP contribution is 2.31. The molecule has 0 unspecified atom stereocenters. The summed E-state index contributed by atoms with van der Waals surface area (Å²) in [7, 11) is 0. The van der Waals surface area contributed by atoms with Gasteiger partial charge in [0.05, 0.1) is 17.6 Å². The van der Waals surface area contributed by atoms with E-state index in [1.807, 2.05) is 38.1 Å². The molecule has 2 heterocycles. The van der Waals surface area contributed by atoms with E-state index in [4.69, 9.17) is 33.0 Å². The number of benzene rings is 2. The number of aromatic carboxylic acids is 1. The molecule has 0 spiro atoms. The number of aromatic nitrogens is 2. The number of fused-ring (bicyclic) bond motifs is 2. The summed E-state index contributed by atoms with van der Waals surface area (Å²) in [6, 6.07) is 14.5. The Morgan fingerprint density at radius 3 is 1.75 bits per heavy atom. The van der Waals surface area contributed by atoms with E-state index >= 15 is 0 Å². The lowest BCUT2D eigenvalue weighted by atomic mass is 10.2.